The molecular weight excluding hydrogens is 336 g/mol. The lowest BCUT2D eigenvalue weighted by molar-refractivity contribution is 0.0955. The summed E-state index contributed by atoms with van der Waals surface area (Å²) < 4.78 is 0. The lowest BCUT2D eigenvalue weighted by Crippen LogP contribution is -2.38. The van der Waals surface area contributed by atoms with E-state index >= 15 is 0 Å². The zero-order valence-corrected chi connectivity index (χ0v) is 16.7. The number of carbonyl (C=O) groups is 1. The maximum Gasteiger partial charge on any atom is 0.251 e. The summed E-state index contributed by atoms with van der Waals surface area (Å²) in [7, 11) is 1.76. The average molecular weight is 367 g/mol. The van der Waals surface area contributed by atoms with Crippen molar-refractivity contribution >= 4 is 11.9 Å². The van der Waals surface area contributed by atoms with Crippen LogP contribution in [-0.2, 0) is 6.54 Å². The number of nitrogens with zero attached hydrogens (tertiary/aromatic N) is 1. The summed E-state index contributed by atoms with van der Waals surface area (Å²) in [6.45, 7) is 8.22. The Hall–Kier alpha value is -2.82. The summed E-state index contributed by atoms with van der Waals surface area (Å²) in [4.78, 5) is 16.2. The minimum Gasteiger partial charge on any atom is -0.356 e. The SMILES string of the molecule is CCNC(=O)c1cccc(CNC(=NC)NCC(C)c2ccc(C)cc2)c1. The van der Waals surface area contributed by atoms with Crippen LogP contribution >= 0.6 is 0 Å². The van der Waals surface area contributed by atoms with Crippen LogP contribution in [0.25, 0.3) is 0 Å². The van der Waals surface area contributed by atoms with Crippen LogP contribution in [0.1, 0.15) is 46.8 Å². The highest BCUT2D eigenvalue weighted by atomic mass is 16.1. The molecule has 144 valence electrons. The zero-order chi connectivity index (χ0) is 19.6. The van der Waals surface area contributed by atoms with Gasteiger partial charge in [-0.15, -0.1) is 0 Å². The predicted octanol–water partition coefficient (Wildman–Crippen LogP) is 3.21. The van der Waals surface area contributed by atoms with Crippen LogP contribution < -0.4 is 16.0 Å². The first-order valence-electron chi connectivity index (χ1n) is 9.41. The summed E-state index contributed by atoms with van der Waals surface area (Å²) in [6, 6.07) is 16.2. The van der Waals surface area contributed by atoms with Crippen molar-refractivity contribution in [3.63, 3.8) is 0 Å². The van der Waals surface area contributed by atoms with Crippen LogP contribution in [0.3, 0.4) is 0 Å². The molecule has 5 nitrogen and oxygen atoms in total. The van der Waals surface area contributed by atoms with Gasteiger partial charge in [-0.2, -0.15) is 0 Å². The standard InChI is InChI=1S/C22H30N4O/c1-5-24-21(27)20-8-6-7-18(13-20)15-26-22(23-4)25-14-17(3)19-11-9-16(2)10-12-19/h6-13,17H,5,14-15H2,1-4H3,(H,24,27)(H2,23,25,26). The number of hydrogen-bond acceptors (Lipinski definition) is 2. The summed E-state index contributed by atoms with van der Waals surface area (Å²) in [5.41, 5.74) is 4.28. The summed E-state index contributed by atoms with van der Waals surface area (Å²) in [5.74, 6) is 1.08. The Bertz CT molecular complexity index is 768. The molecule has 0 fully saturated rings. The van der Waals surface area contributed by atoms with Crippen LogP contribution in [-0.4, -0.2) is 32.0 Å². The monoisotopic (exact) mass is 366 g/mol. The molecule has 0 aliphatic rings. The predicted molar refractivity (Wildman–Crippen MR) is 112 cm³/mol. The number of amides is 1. The van der Waals surface area contributed by atoms with Crippen LogP contribution in [0.4, 0.5) is 0 Å². The molecule has 0 aliphatic carbocycles. The summed E-state index contributed by atoms with van der Waals surface area (Å²) >= 11 is 0. The summed E-state index contributed by atoms with van der Waals surface area (Å²) in [5, 5.41) is 9.50. The van der Waals surface area contributed by atoms with Crippen molar-refractivity contribution in [3.8, 4) is 0 Å². The van der Waals surface area contributed by atoms with E-state index in [1.165, 1.54) is 11.1 Å². The highest BCUT2D eigenvalue weighted by molar-refractivity contribution is 5.94. The second kappa shape index (κ2) is 10.4. The molecule has 3 N–H and O–H groups in total. The molecule has 27 heavy (non-hydrogen) atoms. The first kappa shape index (κ1) is 20.5. The van der Waals surface area contributed by atoms with Gasteiger partial charge in [0.2, 0.25) is 0 Å². The fraction of sp³-hybridized carbons (Fsp3) is 0.364. The smallest absolute Gasteiger partial charge is 0.251 e. The van der Waals surface area contributed by atoms with Gasteiger partial charge in [0.15, 0.2) is 5.96 Å². The van der Waals surface area contributed by atoms with Crippen molar-refractivity contribution in [2.24, 2.45) is 4.99 Å². The molecule has 2 aromatic rings. The third kappa shape index (κ3) is 6.44. The minimum absolute atomic E-state index is 0.0474. The van der Waals surface area contributed by atoms with Crippen LogP contribution in [0.5, 0.6) is 0 Å². The van der Waals surface area contributed by atoms with Crippen LogP contribution in [0, 0.1) is 6.92 Å². The van der Waals surface area contributed by atoms with Gasteiger partial charge in [-0.05, 0) is 43.0 Å². The molecule has 0 bridgehead atoms. The Morgan fingerprint density at radius 2 is 1.81 bits per heavy atom. The van der Waals surface area contributed by atoms with Gasteiger partial charge < -0.3 is 16.0 Å². The Kier molecular flexibility index (Phi) is 7.86. The second-order valence-electron chi connectivity index (χ2n) is 6.68. The van der Waals surface area contributed by atoms with E-state index in [0.717, 1.165) is 18.1 Å². The molecule has 0 radical (unpaired) electrons. The summed E-state index contributed by atoms with van der Waals surface area (Å²) in [6.07, 6.45) is 0. The molecule has 1 amide bonds. The van der Waals surface area contributed by atoms with Gasteiger partial charge in [0, 0.05) is 32.2 Å². The Labute approximate surface area is 162 Å². The van der Waals surface area contributed by atoms with E-state index in [-0.39, 0.29) is 5.91 Å². The highest BCUT2D eigenvalue weighted by Crippen LogP contribution is 2.14. The van der Waals surface area contributed by atoms with Crippen LogP contribution in [0.15, 0.2) is 53.5 Å². The number of carbonyl (C=O) groups excluding carboxylic acids is 1. The Balaban J connectivity index is 1.87. The van der Waals surface area contributed by atoms with E-state index in [9.17, 15) is 4.79 Å². The van der Waals surface area contributed by atoms with Gasteiger partial charge in [0.25, 0.3) is 5.91 Å². The van der Waals surface area contributed by atoms with Crippen molar-refractivity contribution in [1.82, 2.24) is 16.0 Å². The molecule has 0 saturated carbocycles. The molecule has 1 atom stereocenters. The number of benzene rings is 2. The molecule has 2 aromatic carbocycles. The number of aryl methyl sites for hydroxylation is 1. The second-order valence-corrected chi connectivity index (χ2v) is 6.68. The molecule has 5 heteroatoms. The fourth-order valence-electron chi connectivity index (χ4n) is 2.75. The van der Waals surface area contributed by atoms with Crippen molar-refractivity contribution in [2.75, 3.05) is 20.1 Å². The number of hydrogen-bond donors (Lipinski definition) is 3. The van der Waals surface area contributed by atoms with E-state index in [1.54, 1.807) is 7.05 Å². The number of aliphatic imine (C=N–C) groups is 1. The number of nitrogens with one attached hydrogen (secondary N) is 3. The lowest BCUT2D eigenvalue weighted by atomic mass is 10.0. The van der Waals surface area contributed by atoms with Crippen LogP contribution in [0.2, 0.25) is 0 Å². The topological polar surface area (TPSA) is 65.5 Å². The molecule has 2 rings (SSSR count). The lowest BCUT2D eigenvalue weighted by Gasteiger charge is -2.17. The van der Waals surface area contributed by atoms with E-state index in [0.29, 0.717) is 24.6 Å². The Morgan fingerprint density at radius 1 is 1.07 bits per heavy atom. The van der Waals surface area contributed by atoms with Gasteiger partial charge >= 0.3 is 0 Å². The molecule has 0 saturated heterocycles. The van der Waals surface area contributed by atoms with E-state index in [4.69, 9.17) is 0 Å². The van der Waals surface area contributed by atoms with E-state index < -0.39 is 0 Å². The molecular formula is C22H30N4O. The van der Waals surface area contributed by atoms with Crippen molar-refractivity contribution < 1.29 is 4.79 Å². The quantitative estimate of drug-likeness (QED) is 0.521. The first-order chi connectivity index (χ1) is 13.0. The van der Waals surface area contributed by atoms with Gasteiger partial charge in [-0.3, -0.25) is 9.79 Å². The van der Waals surface area contributed by atoms with E-state index in [2.05, 4.69) is 59.1 Å². The first-order valence-corrected chi connectivity index (χ1v) is 9.41. The maximum atomic E-state index is 12.0. The van der Waals surface area contributed by atoms with Gasteiger partial charge in [-0.25, -0.2) is 0 Å². The van der Waals surface area contributed by atoms with Crippen molar-refractivity contribution in [3.05, 3.63) is 70.8 Å². The van der Waals surface area contributed by atoms with Crippen molar-refractivity contribution in [1.29, 1.82) is 0 Å². The third-order valence-electron chi connectivity index (χ3n) is 4.43. The molecule has 0 aromatic heterocycles. The fourth-order valence-corrected chi connectivity index (χ4v) is 2.75. The number of guanidine groups is 1. The molecule has 0 aliphatic heterocycles. The van der Waals surface area contributed by atoms with Gasteiger partial charge in [0.1, 0.15) is 0 Å². The normalized spacial score (nSPS) is 12.4. The molecule has 0 spiro atoms. The van der Waals surface area contributed by atoms with Gasteiger partial charge in [-0.1, -0.05) is 48.9 Å². The average Bonchev–Trinajstić information content (AvgIpc) is 2.69. The Morgan fingerprint density at radius 3 is 2.48 bits per heavy atom. The minimum atomic E-state index is -0.0474. The molecule has 1 unspecified atom stereocenters. The largest absolute Gasteiger partial charge is 0.356 e. The zero-order valence-electron chi connectivity index (χ0n) is 16.7. The number of rotatable bonds is 7. The third-order valence-corrected chi connectivity index (χ3v) is 4.43. The van der Waals surface area contributed by atoms with E-state index in [1.807, 2.05) is 31.2 Å². The molecule has 0 heterocycles. The van der Waals surface area contributed by atoms with Gasteiger partial charge in [0.05, 0.1) is 0 Å². The highest BCUT2D eigenvalue weighted by Gasteiger charge is 2.08. The van der Waals surface area contributed by atoms with Crippen molar-refractivity contribution in [2.45, 2.75) is 33.2 Å². The maximum absolute atomic E-state index is 12.0.